The van der Waals surface area contributed by atoms with Gasteiger partial charge in [-0.05, 0) is 31.2 Å². The number of nitrogens with one attached hydrogen (secondary N) is 2. The third-order valence-electron chi connectivity index (χ3n) is 4.16. The molecule has 2 N–H and O–H groups in total. The van der Waals surface area contributed by atoms with E-state index in [-0.39, 0.29) is 11.4 Å². The Hall–Kier alpha value is -3.65. The molecule has 0 amide bonds. The summed E-state index contributed by atoms with van der Waals surface area (Å²) in [6, 6.07) is 15.5. The average Bonchev–Trinajstić information content (AvgIpc) is 3.03. The number of fused-ring (bicyclic) bond motifs is 2. The van der Waals surface area contributed by atoms with E-state index in [1.54, 1.807) is 18.2 Å². The van der Waals surface area contributed by atoms with Gasteiger partial charge in [-0.15, -0.1) is 0 Å². The van der Waals surface area contributed by atoms with Gasteiger partial charge in [-0.1, -0.05) is 29.8 Å². The minimum atomic E-state index is -0.247. The Labute approximate surface area is 143 Å². The predicted molar refractivity (Wildman–Crippen MR) is 98.9 cm³/mol. The van der Waals surface area contributed by atoms with Crippen molar-refractivity contribution in [1.29, 1.82) is 5.26 Å². The molecule has 0 aliphatic heterocycles. The number of benzene rings is 2. The molecule has 0 bridgehead atoms. The van der Waals surface area contributed by atoms with Crippen LogP contribution in [0.3, 0.4) is 0 Å². The largest absolute Gasteiger partial charge is 0.361 e. The lowest BCUT2D eigenvalue weighted by atomic mass is 10.1. The Morgan fingerprint density at radius 3 is 2.88 bits per heavy atom. The summed E-state index contributed by atoms with van der Waals surface area (Å²) in [5, 5.41) is 11.1. The maximum absolute atomic E-state index is 12.3. The zero-order valence-electron chi connectivity index (χ0n) is 13.5. The molecule has 0 aliphatic rings. The first-order valence-electron chi connectivity index (χ1n) is 7.85. The molecule has 120 valence electrons. The minimum Gasteiger partial charge on any atom is -0.361 e. The van der Waals surface area contributed by atoms with Crippen molar-refractivity contribution in [3.8, 4) is 6.07 Å². The molecule has 0 spiro atoms. The van der Waals surface area contributed by atoms with E-state index in [0.717, 1.165) is 22.0 Å². The number of rotatable bonds is 2. The Morgan fingerprint density at radius 2 is 2.04 bits per heavy atom. The van der Waals surface area contributed by atoms with Gasteiger partial charge in [0.25, 0.3) is 5.56 Å². The second-order valence-corrected chi connectivity index (χ2v) is 5.89. The van der Waals surface area contributed by atoms with Crippen molar-refractivity contribution in [2.24, 2.45) is 0 Å². The van der Waals surface area contributed by atoms with Crippen LogP contribution in [0.25, 0.3) is 33.5 Å². The number of aromatic amines is 2. The van der Waals surface area contributed by atoms with Crippen LogP contribution in [0.15, 0.2) is 53.5 Å². The van der Waals surface area contributed by atoms with E-state index in [1.807, 2.05) is 43.5 Å². The summed E-state index contributed by atoms with van der Waals surface area (Å²) < 4.78 is 0. The van der Waals surface area contributed by atoms with Crippen LogP contribution in [0.5, 0.6) is 0 Å². The molecule has 4 rings (SSSR count). The Kier molecular flexibility index (Phi) is 3.44. The van der Waals surface area contributed by atoms with Gasteiger partial charge in [0.2, 0.25) is 0 Å². The van der Waals surface area contributed by atoms with Gasteiger partial charge in [-0.25, -0.2) is 4.98 Å². The van der Waals surface area contributed by atoms with Gasteiger partial charge >= 0.3 is 0 Å². The monoisotopic (exact) mass is 326 g/mol. The molecule has 4 aromatic rings. The summed E-state index contributed by atoms with van der Waals surface area (Å²) in [4.78, 5) is 22.7. The lowest BCUT2D eigenvalue weighted by Crippen LogP contribution is -2.11. The van der Waals surface area contributed by atoms with Gasteiger partial charge in [0.15, 0.2) is 5.82 Å². The molecule has 2 aromatic carbocycles. The summed E-state index contributed by atoms with van der Waals surface area (Å²) >= 11 is 0. The van der Waals surface area contributed by atoms with Crippen molar-refractivity contribution in [3.05, 3.63) is 76.0 Å². The highest BCUT2D eigenvalue weighted by Gasteiger charge is 2.10. The molecule has 5 nitrogen and oxygen atoms in total. The fourth-order valence-electron chi connectivity index (χ4n) is 2.90. The first kappa shape index (κ1) is 14.9. The van der Waals surface area contributed by atoms with Crippen molar-refractivity contribution in [3.63, 3.8) is 0 Å². The van der Waals surface area contributed by atoms with Crippen molar-refractivity contribution >= 4 is 33.5 Å². The molecule has 0 fully saturated rings. The first-order valence-corrected chi connectivity index (χ1v) is 7.85. The Morgan fingerprint density at radius 1 is 1.20 bits per heavy atom. The van der Waals surface area contributed by atoms with Crippen LogP contribution in [-0.4, -0.2) is 15.0 Å². The quantitative estimate of drug-likeness (QED) is 0.550. The molecule has 2 heterocycles. The van der Waals surface area contributed by atoms with Crippen LogP contribution in [0, 0.1) is 18.3 Å². The molecular formula is C20H14N4O. The van der Waals surface area contributed by atoms with E-state index in [4.69, 9.17) is 0 Å². The highest BCUT2D eigenvalue weighted by molar-refractivity contribution is 5.97. The number of aromatic nitrogens is 3. The van der Waals surface area contributed by atoms with E-state index in [2.05, 4.69) is 21.0 Å². The standard InChI is InChI=1S/C20H14N4O/c1-12-6-7-18-16(8-12)20(25)24-19(23-18)13(10-21)9-14-11-22-17-5-3-2-4-15(14)17/h2-9,11,22H,1H3,(H,23,24,25). The summed E-state index contributed by atoms with van der Waals surface area (Å²) in [6.07, 6.45) is 3.57. The minimum absolute atomic E-state index is 0.247. The van der Waals surface area contributed by atoms with E-state index < -0.39 is 0 Å². The van der Waals surface area contributed by atoms with Crippen LogP contribution >= 0.6 is 0 Å². The van der Waals surface area contributed by atoms with Crippen molar-refractivity contribution in [1.82, 2.24) is 15.0 Å². The van der Waals surface area contributed by atoms with Crippen molar-refractivity contribution in [2.45, 2.75) is 6.92 Å². The third-order valence-corrected chi connectivity index (χ3v) is 4.16. The zero-order valence-corrected chi connectivity index (χ0v) is 13.5. The second kappa shape index (κ2) is 5.77. The van der Waals surface area contributed by atoms with Gasteiger partial charge in [0.05, 0.1) is 16.5 Å². The summed E-state index contributed by atoms with van der Waals surface area (Å²) in [5.74, 6) is 0.272. The molecule has 0 radical (unpaired) electrons. The Bertz CT molecular complexity index is 1240. The molecule has 5 heteroatoms. The van der Waals surface area contributed by atoms with E-state index in [1.165, 1.54) is 0 Å². The van der Waals surface area contributed by atoms with Crippen LogP contribution in [0.2, 0.25) is 0 Å². The number of aryl methyl sites for hydroxylation is 1. The highest BCUT2D eigenvalue weighted by atomic mass is 16.1. The van der Waals surface area contributed by atoms with Crippen LogP contribution < -0.4 is 5.56 Å². The maximum atomic E-state index is 12.3. The number of H-pyrrole nitrogens is 2. The molecule has 0 saturated carbocycles. The fourth-order valence-corrected chi connectivity index (χ4v) is 2.90. The van der Waals surface area contributed by atoms with Gasteiger partial charge in [-0.3, -0.25) is 4.79 Å². The smallest absolute Gasteiger partial charge is 0.259 e. The first-order chi connectivity index (χ1) is 12.2. The molecule has 2 aromatic heterocycles. The number of nitriles is 1. The molecule has 0 atom stereocenters. The summed E-state index contributed by atoms with van der Waals surface area (Å²) in [7, 11) is 0. The molecule has 0 aliphatic carbocycles. The normalized spacial score (nSPS) is 11.8. The van der Waals surface area contributed by atoms with Crippen molar-refractivity contribution in [2.75, 3.05) is 0 Å². The molecule has 25 heavy (non-hydrogen) atoms. The topological polar surface area (TPSA) is 85.3 Å². The second-order valence-electron chi connectivity index (χ2n) is 5.89. The maximum Gasteiger partial charge on any atom is 0.259 e. The SMILES string of the molecule is Cc1ccc2nc(C(C#N)=Cc3c[nH]c4ccccc34)[nH]c(=O)c2c1. The van der Waals surface area contributed by atoms with Gasteiger partial charge in [0, 0.05) is 22.7 Å². The van der Waals surface area contributed by atoms with Crippen LogP contribution in [0.1, 0.15) is 17.0 Å². The van der Waals surface area contributed by atoms with Gasteiger partial charge in [0.1, 0.15) is 6.07 Å². The van der Waals surface area contributed by atoms with E-state index >= 15 is 0 Å². The molecule has 0 unspecified atom stereocenters. The number of nitrogens with zero attached hydrogens (tertiary/aromatic N) is 2. The molecule has 0 saturated heterocycles. The zero-order chi connectivity index (χ0) is 17.4. The van der Waals surface area contributed by atoms with E-state index in [0.29, 0.717) is 16.5 Å². The number of para-hydroxylation sites is 1. The van der Waals surface area contributed by atoms with Crippen LogP contribution in [0.4, 0.5) is 0 Å². The summed E-state index contributed by atoms with van der Waals surface area (Å²) in [6.45, 7) is 1.92. The number of allylic oxidation sites excluding steroid dienone is 1. The van der Waals surface area contributed by atoms with Crippen LogP contribution in [-0.2, 0) is 0 Å². The van der Waals surface area contributed by atoms with E-state index in [9.17, 15) is 10.1 Å². The average molecular weight is 326 g/mol. The Balaban J connectivity index is 1.89. The van der Waals surface area contributed by atoms with Gasteiger partial charge < -0.3 is 9.97 Å². The number of hydrogen-bond donors (Lipinski definition) is 2. The number of hydrogen-bond acceptors (Lipinski definition) is 3. The lowest BCUT2D eigenvalue weighted by molar-refractivity contribution is 1.13. The van der Waals surface area contributed by atoms with Crippen molar-refractivity contribution < 1.29 is 0 Å². The third kappa shape index (κ3) is 2.60. The molecular weight excluding hydrogens is 312 g/mol. The summed E-state index contributed by atoms with van der Waals surface area (Å²) in [5.41, 5.74) is 3.49. The van der Waals surface area contributed by atoms with Gasteiger partial charge in [-0.2, -0.15) is 5.26 Å². The highest BCUT2D eigenvalue weighted by Crippen LogP contribution is 2.23. The lowest BCUT2D eigenvalue weighted by Gasteiger charge is -2.03. The predicted octanol–water partition coefficient (Wildman–Crippen LogP) is 3.78. The fraction of sp³-hybridized carbons (Fsp3) is 0.0500.